The molecular formula is C42H56F6N6O9. The zero-order chi connectivity index (χ0) is 47.2. The Hall–Kier alpha value is -5.05. The predicted molar refractivity (Wildman–Crippen MR) is 218 cm³/mol. The quantitative estimate of drug-likeness (QED) is 0.131. The van der Waals surface area contributed by atoms with Gasteiger partial charge in [-0.15, -0.1) is 0 Å². The molecule has 0 aromatic heterocycles. The number of likely N-dealkylation sites (tertiary alicyclic amines) is 3. The summed E-state index contributed by atoms with van der Waals surface area (Å²) in [5.41, 5.74) is -4.51. The van der Waals surface area contributed by atoms with E-state index in [2.05, 4.69) is 10.2 Å². The van der Waals surface area contributed by atoms with Crippen LogP contribution in [0, 0.1) is 20.2 Å². The molecule has 0 radical (unpaired) electrons. The molecule has 2 aromatic rings. The lowest BCUT2D eigenvalue weighted by Crippen LogP contribution is -2.53. The molecule has 0 aliphatic carbocycles. The Morgan fingerprint density at radius 2 is 1.17 bits per heavy atom. The zero-order valence-corrected chi connectivity index (χ0v) is 36.3. The SMILES string of the molecule is CC(C)(C)OC(=O)N1CCC2(CCCN2)CC1.CC(C)(C)OC(=O)N1CCC2(CCCN2Cc2ccc(C(F)(F)F)cc2[N+](=O)[O-])CC1.O=Cc1ccc(C(F)(F)F)cc1[N+](=O)[O-]. The van der Waals surface area contributed by atoms with E-state index < -0.39 is 55.9 Å². The van der Waals surface area contributed by atoms with Crippen molar-refractivity contribution in [2.24, 2.45) is 0 Å². The molecule has 4 heterocycles. The van der Waals surface area contributed by atoms with Crippen LogP contribution < -0.4 is 5.32 Å². The number of benzene rings is 2. The molecule has 15 nitrogen and oxygen atoms in total. The van der Waals surface area contributed by atoms with E-state index in [1.54, 1.807) is 4.90 Å². The molecule has 4 fully saturated rings. The van der Waals surface area contributed by atoms with Gasteiger partial charge in [-0.3, -0.25) is 29.9 Å². The Morgan fingerprint density at radius 3 is 1.60 bits per heavy atom. The summed E-state index contributed by atoms with van der Waals surface area (Å²) in [5, 5.41) is 25.4. The number of carbonyl (C=O) groups is 3. The second-order valence-corrected chi connectivity index (χ2v) is 18.2. The van der Waals surface area contributed by atoms with E-state index in [1.165, 1.54) is 18.9 Å². The summed E-state index contributed by atoms with van der Waals surface area (Å²) in [7, 11) is 0. The van der Waals surface area contributed by atoms with Gasteiger partial charge in [0, 0.05) is 61.5 Å². The molecule has 2 aromatic carbocycles. The monoisotopic (exact) mass is 902 g/mol. The van der Waals surface area contributed by atoms with Crippen LogP contribution in [0.4, 0.5) is 47.3 Å². The first-order valence-corrected chi connectivity index (χ1v) is 20.7. The number of amides is 2. The number of halogens is 6. The average Bonchev–Trinajstić information content (AvgIpc) is 3.79. The molecule has 6 rings (SSSR count). The predicted octanol–water partition coefficient (Wildman–Crippen LogP) is 9.54. The Labute approximate surface area is 361 Å². The number of hydrogen-bond donors (Lipinski definition) is 1. The Kier molecular flexibility index (Phi) is 15.9. The Bertz CT molecular complexity index is 1960. The molecule has 21 heteroatoms. The number of hydrogen-bond acceptors (Lipinski definition) is 11. The third-order valence-corrected chi connectivity index (χ3v) is 11.4. The van der Waals surface area contributed by atoms with Gasteiger partial charge in [0.05, 0.1) is 26.5 Å². The molecule has 2 amide bonds. The summed E-state index contributed by atoms with van der Waals surface area (Å²) >= 11 is 0. The molecule has 63 heavy (non-hydrogen) atoms. The molecule has 4 saturated heterocycles. The summed E-state index contributed by atoms with van der Waals surface area (Å²) in [5.74, 6) is 0. The highest BCUT2D eigenvalue weighted by Crippen LogP contribution is 2.41. The van der Waals surface area contributed by atoms with Crippen molar-refractivity contribution in [3.05, 3.63) is 78.9 Å². The van der Waals surface area contributed by atoms with Crippen molar-refractivity contribution >= 4 is 29.8 Å². The number of nitro benzene ring substituents is 2. The van der Waals surface area contributed by atoms with Gasteiger partial charge in [-0.25, -0.2) is 9.59 Å². The van der Waals surface area contributed by atoms with Crippen molar-refractivity contribution in [2.45, 2.75) is 134 Å². The van der Waals surface area contributed by atoms with Crippen LogP contribution in [0.2, 0.25) is 0 Å². The normalized spacial score (nSPS) is 18.8. The van der Waals surface area contributed by atoms with Crippen LogP contribution in [0.15, 0.2) is 36.4 Å². The first-order valence-electron chi connectivity index (χ1n) is 20.7. The number of piperidine rings is 2. The van der Waals surface area contributed by atoms with Gasteiger partial charge in [0.25, 0.3) is 11.4 Å². The van der Waals surface area contributed by atoms with E-state index >= 15 is 0 Å². The molecular weight excluding hydrogens is 846 g/mol. The Morgan fingerprint density at radius 1 is 0.698 bits per heavy atom. The molecule has 2 spiro atoms. The standard InChI is InChI=1S/C21H28F3N3O4.C13H24N2O2.C8H4F3NO3/c1-19(2,3)31-18(28)25-11-8-20(9-12-25)7-4-10-26(20)14-15-5-6-16(21(22,23)24)13-17(15)27(29)30;1-12(2,3)17-11(16)15-9-6-13(7-10-15)5-4-8-14-13;9-8(10,11)6-2-1-5(4-13)7(3-6)12(14)15/h5-6,13H,4,7-12,14H2,1-3H3;14H,4-10H2,1-3H3;1-4H. The maximum absolute atomic E-state index is 13.0. The van der Waals surface area contributed by atoms with Gasteiger partial charge < -0.3 is 24.6 Å². The minimum absolute atomic E-state index is 0.137. The van der Waals surface area contributed by atoms with E-state index in [0.717, 1.165) is 57.5 Å². The van der Waals surface area contributed by atoms with Crippen molar-refractivity contribution in [3.63, 3.8) is 0 Å². The number of aldehydes is 1. The van der Waals surface area contributed by atoms with Crippen molar-refractivity contribution in [1.82, 2.24) is 20.0 Å². The lowest BCUT2D eigenvalue weighted by atomic mass is 9.84. The first-order chi connectivity index (χ1) is 29.1. The number of ether oxygens (including phenoxy) is 2. The number of rotatable bonds is 5. The highest BCUT2D eigenvalue weighted by Gasteiger charge is 2.45. The largest absolute Gasteiger partial charge is 0.444 e. The summed E-state index contributed by atoms with van der Waals surface area (Å²) in [6.07, 6.45) is -1.83. The molecule has 4 aliphatic rings. The molecule has 1 N–H and O–H groups in total. The zero-order valence-electron chi connectivity index (χ0n) is 36.3. The fourth-order valence-electron chi connectivity index (χ4n) is 8.21. The molecule has 0 bridgehead atoms. The molecule has 0 unspecified atom stereocenters. The highest BCUT2D eigenvalue weighted by molar-refractivity contribution is 5.81. The van der Waals surface area contributed by atoms with Crippen molar-refractivity contribution in [1.29, 1.82) is 0 Å². The average molecular weight is 903 g/mol. The second kappa shape index (κ2) is 19.8. The van der Waals surface area contributed by atoms with Gasteiger partial charge in [0.2, 0.25) is 0 Å². The van der Waals surface area contributed by atoms with E-state index in [0.29, 0.717) is 56.2 Å². The molecule has 0 atom stereocenters. The van der Waals surface area contributed by atoms with Gasteiger partial charge >= 0.3 is 24.5 Å². The first kappa shape index (κ1) is 50.6. The Balaban J connectivity index is 0.000000229. The summed E-state index contributed by atoms with van der Waals surface area (Å²) < 4.78 is 86.2. The van der Waals surface area contributed by atoms with E-state index in [4.69, 9.17) is 9.47 Å². The van der Waals surface area contributed by atoms with Crippen molar-refractivity contribution < 1.29 is 60.0 Å². The van der Waals surface area contributed by atoms with Gasteiger partial charge in [-0.2, -0.15) is 26.3 Å². The number of nitro groups is 2. The van der Waals surface area contributed by atoms with Crippen LogP contribution in [-0.2, 0) is 28.4 Å². The van der Waals surface area contributed by atoms with Crippen LogP contribution in [0.5, 0.6) is 0 Å². The van der Waals surface area contributed by atoms with Gasteiger partial charge in [0.1, 0.15) is 11.2 Å². The topological polar surface area (TPSA) is 178 Å². The van der Waals surface area contributed by atoms with Crippen molar-refractivity contribution in [2.75, 3.05) is 39.3 Å². The lowest BCUT2D eigenvalue weighted by Gasteiger charge is -2.45. The maximum atomic E-state index is 13.0. The lowest BCUT2D eigenvalue weighted by molar-refractivity contribution is -0.386. The van der Waals surface area contributed by atoms with Crippen LogP contribution in [0.25, 0.3) is 0 Å². The molecule has 0 saturated carbocycles. The second-order valence-electron chi connectivity index (χ2n) is 18.2. The summed E-state index contributed by atoms with van der Waals surface area (Å²) in [6.45, 7) is 15.9. The van der Waals surface area contributed by atoms with Gasteiger partial charge in [-0.1, -0.05) is 6.07 Å². The van der Waals surface area contributed by atoms with Crippen LogP contribution >= 0.6 is 0 Å². The van der Waals surface area contributed by atoms with E-state index in [-0.39, 0.29) is 41.7 Å². The van der Waals surface area contributed by atoms with Gasteiger partial charge in [0.15, 0.2) is 6.29 Å². The van der Waals surface area contributed by atoms with Crippen molar-refractivity contribution in [3.8, 4) is 0 Å². The number of alkyl halides is 6. The van der Waals surface area contributed by atoms with E-state index in [9.17, 15) is 61.0 Å². The molecule has 4 aliphatic heterocycles. The molecule has 350 valence electrons. The van der Waals surface area contributed by atoms with E-state index in [1.807, 2.05) is 46.4 Å². The smallest absolute Gasteiger partial charge is 0.416 e. The maximum Gasteiger partial charge on any atom is 0.416 e. The number of nitrogens with zero attached hydrogens (tertiary/aromatic N) is 5. The third kappa shape index (κ3) is 14.0. The summed E-state index contributed by atoms with van der Waals surface area (Å²) in [4.78, 5) is 60.2. The van der Waals surface area contributed by atoms with Crippen LogP contribution in [0.1, 0.15) is 120 Å². The fourth-order valence-corrected chi connectivity index (χ4v) is 8.21. The number of nitrogens with one attached hydrogen (secondary N) is 1. The third-order valence-electron chi connectivity index (χ3n) is 11.4. The highest BCUT2D eigenvalue weighted by atomic mass is 19.4. The van der Waals surface area contributed by atoms with Gasteiger partial charge in [-0.05, 0) is 124 Å². The minimum atomic E-state index is -4.66. The van der Waals surface area contributed by atoms with Crippen LogP contribution in [0.3, 0.4) is 0 Å². The fraction of sp³-hybridized carbons (Fsp3) is 0.643. The minimum Gasteiger partial charge on any atom is -0.444 e. The number of carbonyl (C=O) groups excluding carboxylic acids is 3. The van der Waals surface area contributed by atoms with Crippen LogP contribution in [-0.4, -0.2) is 105 Å². The summed E-state index contributed by atoms with van der Waals surface area (Å²) in [6, 6.07) is 4.45.